The van der Waals surface area contributed by atoms with Crippen LogP contribution in [0.2, 0.25) is 0 Å². The van der Waals surface area contributed by atoms with E-state index in [1.54, 1.807) is 24.3 Å². The molecular formula is C8H8FN3. The van der Waals surface area contributed by atoms with Crippen molar-refractivity contribution in [3.05, 3.63) is 35.4 Å². The minimum atomic E-state index is 0.391. The van der Waals surface area contributed by atoms with E-state index in [4.69, 9.17) is 5.26 Å². The molecule has 0 aliphatic rings. The van der Waals surface area contributed by atoms with Gasteiger partial charge in [-0.05, 0) is 17.7 Å². The van der Waals surface area contributed by atoms with Gasteiger partial charge in [-0.1, -0.05) is 17.8 Å². The first kappa shape index (κ1) is 8.65. The van der Waals surface area contributed by atoms with E-state index >= 15 is 0 Å². The topological polar surface area (TPSA) is 47.9 Å². The maximum absolute atomic E-state index is 11.4. The highest BCUT2D eigenvalue weighted by Gasteiger charge is 1.92. The summed E-state index contributed by atoms with van der Waals surface area (Å²) in [5, 5.41) is 8.47. The van der Waals surface area contributed by atoms with Crippen LogP contribution in [0.4, 0.5) is 4.48 Å². The van der Waals surface area contributed by atoms with Gasteiger partial charge in [-0.15, -0.1) is 4.48 Å². The molecule has 1 aromatic carbocycles. The van der Waals surface area contributed by atoms with Crippen LogP contribution in [0.25, 0.3) is 0 Å². The van der Waals surface area contributed by atoms with Crippen LogP contribution in [0.1, 0.15) is 11.1 Å². The summed E-state index contributed by atoms with van der Waals surface area (Å²) in [6.07, 6.45) is 0. The van der Waals surface area contributed by atoms with Crippen molar-refractivity contribution >= 4 is 0 Å². The van der Waals surface area contributed by atoms with E-state index in [0.717, 1.165) is 5.56 Å². The van der Waals surface area contributed by atoms with Gasteiger partial charge in [0, 0.05) is 6.54 Å². The molecular weight excluding hydrogens is 157 g/mol. The highest BCUT2D eigenvalue weighted by molar-refractivity contribution is 5.31. The Labute approximate surface area is 69.7 Å². The van der Waals surface area contributed by atoms with E-state index in [2.05, 4.69) is 5.43 Å². The Bertz CT molecular complexity index is 275. The number of nitriles is 1. The number of halogens is 1. The van der Waals surface area contributed by atoms with Crippen molar-refractivity contribution in [2.45, 2.75) is 6.54 Å². The molecule has 0 saturated carbocycles. The second-order valence-corrected chi connectivity index (χ2v) is 2.26. The molecule has 0 bridgehead atoms. The molecule has 0 heterocycles. The van der Waals surface area contributed by atoms with Crippen LogP contribution >= 0.6 is 0 Å². The van der Waals surface area contributed by atoms with Gasteiger partial charge in [0.2, 0.25) is 0 Å². The molecule has 0 unspecified atom stereocenters. The zero-order valence-corrected chi connectivity index (χ0v) is 6.34. The fourth-order valence-corrected chi connectivity index (χ4v) is 0.833. The zero-order valence-electron chi connectivity index (χ0n) is 6.34. The van der Waals surface area contributed by atoms with Gasteiger partial charge in [0.15, 0.2) is 0 Å². The fraction of sp³-hybridized carbons (Fsp3) is 0.125. The Hall–Kier alpha value is -1.44. The van der Waals surface area contributed by atoms with E-state index in [-0.39, 0.29) is 0 Å². The van der Waals surface area contributed by atoms with Crippen molar-refractivity contribution in [1.29, 1.82) is 5.26 Å². The summed E-state index contributed by atoms with van der Waals surface area (Å²) in [6.45, 7) is 0.391. The van der Waals surface area contributed by atoms with Crippen LogP contribution in [0.15, 0.2) is 24.3 Å². The molecule has 0 aromatic heterocycles. The van der Waals surface area contributed by atoms with Crippen LogP contribution in [0, 0.1) is 11.3 Å². The first-order valence-electron chi connectivity index (χ1n) is 3.44. The first-order valence-corrected chi connectivity index (χ1v) is 3.44. The van der Waals surface area contributed by atoms with Crippen molar-refractivity contribution < 1.29 is 4.48 Å². The average molecular weight is 165 g/mol. The minimum absolute atomic E-state index is 0.391. The van der Waals surface area contributed by atoms with Crippen molar-refractivity contribution in [3.63, 3.8) is 0 Å². The number of rotatable bonds is 3. The second-order valence-electron chi connectivity index (χ2n) is 2.26. The third-order valence-electron chi connectivity index (χ3n) is 1.44. The van der Waals surface area contributed by atoms with Crippen LogP contribution in [-0.4, -0.2) is 0 Å². The minimum Gasteiger partial charge on any atom is -0.226 e. The lowest BCUT2D eigenvalue weighted by molar-refractivity contribution is 0.263. The summed E-state index contributed by atoms with van der Waals surface area (Å²) in [6, 6.07) is 8.91. The number of benzene rings is 1. The lowest BCUT2D eigenvalue weighted by Crippen LogP contribution is -2.22. The second kappa shape index (κ2) is 4.44. The maximum atomic E-state index is 11.4. The van der Waals surface area contributed by atoms with Crippen LogP contribution in [-0.2, 0) is 6.54 Å². The van der Waals surface area contributed by atoms with Gasteiger partial charge in [0.25, 0.3) is 0 Å². The van der Waals surface area contributed by atoms with E-state index < -0.39 is 0 Å². The number of hydrazine groups is 1. The van der Waals surface area contributed by atoms with Gasteiger partial charge in [-0.25, -0.2) is 5.43 Å². The Kier molecular flexibility index (Phi) is 3.20. The smallest absolute Gasteiger partial charge is 0.0991 e. The summed E-state index contributed by atoms with van der Waals surface area (Å²) in [4.78, 5) is 0. The van der Waals surface area contributed by atoms with Crippen molar-refractivity contribution in [1.82, 2.24) is 11.1 Å². The van der Waals surface area contributed by atoms with Gasteiger partial charge in [-0.2, -0.15) is 5.26 Å². The third kappa shape index (κ3) is 2.31. The van der Waals surface area contributed by atoms with E-state index in [1.165, 1.54) is 5.65 Å². The molecule has 0 atom stereocenters. The van der Waals surface area contributed by atoms with Crippen molar-refractivity contribution in [3.8, 4) is 6.07 Å². The molecule has 0 spiro atoms. The van der Waals surface area contributed by atoms with Crippen molar-refractivity contribution in [2.75, 3.05) is 0 Å². The zero-order chi connectivity index (χ0) is 8.81. The molecule has 3 nitrogen and oxygen atoms in total. The lowest BCUT2D eigenvalue weighted by Gasteiger charge is -1.99. The molecule has 2 N–H and O–H groups in total. The molecule has 0 radical (unpaired) electrons. The molecule has 4 heteroatoms. The molecule has 0 amide bonds. The van der Waals surface area contributed by atoms with E-state index in [0.29, 0.717) is 12.1 Å². The van der Waals surface area contributed by atoms with Crippen molar-refractivity contribution in [2.24, 2.45) is 0 Å². The summed E-state index contributed by atoms with van der Waals surface area (Å²) in [5.74, 6) is 0. The lowest BCUT2D eigenvalue weighted by atomic mass is 10.1. The van der Waals surface area contributed by atoms with Crippen LogP contribution in [0.3, 0.4) is 0 Å². The molecule has 0 fully saturated rings. The quantitative estimate of drug-likeness (QED) is 0.519. The predicted octanol–water partition coefficient (Wildman–Crippen LogP) is 1.04. The van der Waals surface area contributed by atoms with Gasteiger partial charge >= 0.3 is 0 Å². The molecule has 1 aromatic rings. The van der Waals surface area contributed by atoms with E-state index in [1.807, 2.05) is 6.07 Å². The van der Waals surface area contributed by atoms with Crippen LogP contribution < -0.4 is 11.1 Å². The van der Waals surface area contributed by atoms with Gasteiger partial charge < -0.3 is 0 Å². The highest BCUT2D eigenvalue weighted by atomic mass is 19.2. The summed E-state index contributed by atoms with van der Waals surface area (Å²) < 4.78 is 11.4. The normalized spacial score (nSPS) is 9.33. The number of nitrogens with zero attached hydrogens (tertiary/aromatic N) is 1. The van der Waals surface area contributed by atoms with Gasteiger partial charge in [0.1, 0.15) is 0 Å². The number of hydrogen-bond acceptors (Lipinski definition) is 3. The predicted molar refractivity (Wildman–Crippen MR) is 42.2 cm³/mol. The number of hydrogen-bond donors (Lipinski definition) is 2. The Balaban J connectivity index is 2.60. The third-order valence-corrected chi connectivity index (χ3v) is 1.44. The number of nitrogens with one attached hydrogen (secondary N) is 2. The molecule has 0 aliphatic heterocycles. The molecule has 1 rings (SSSR count). The summed E-state index contributed by atoms with van der Waals surface area (Å²) in [5.41, 5.74) is 5.15. The summed E-state index contributed by atoms with van der Waals surface area (Å²) in [7, 11) is 0. The summed E-state index contributed by atoms with van der Waals surface area (Å²) >= 11 is 0. The first-order chi connectivity index (χ1) is 5.86. The van der Waals surface area contributed by atoms with Gasteiger partial charge in [0.05, 0.1) is 11.6 Å². The molecule has 0 saturated heterocycles. The van der Waals surface area contributed by atoms with E-state index in [9.17, 15) is 4.48 Å². The SMILES string of the molecule is N#Cc1ccc(CNNF)cc1. The maximum Gasteiger partial charge on any atom is 0.0991 e. The molecule has 62 valence electrons. The Morgan fingerprint density at radius 3 is 2.50 bits per heavy atom. The fourth-order valence-electron chi connectivity index (χ4n) is 0.833. The Morgan fingerprint density at radius 1 is 1.33 bits per heavy atom. The molecule has 0 aliphatic carbocycles. The average Bonchev–Trinajstić information content (AvgIpc) is 2.15. The Morgan fingerprint density at radius 2 is 2.00 bits per heavy atom. The van der Waals surface area contributed by atoms with Crippen LogP contribution in [0.5, 0.6) is 0 Å². The highest BCUT2D eigenvalue weighted by Crippen LogP contribution is 2.01. The monoisotopic (exact) mass is 165 g/mol. The standard InChI is InChI=1S/C8H8FN3/c9-12-11-6-8-3-1-7(5-10)2-4-8/h1-4,11-12H,6H2. The largest absolute Gasteiger partial charge is 0.226 e. The van der Waals surface area contributed by atoms with Gasteiger partial charge in [-0.3, -0.25) is 0 Å². The molecule has 12 heavy (non-hydrogen) atoms.